The van der Waals surface area contributed by atoms with E-state index >= 15 is 0 Å². The molecule has 1 aromatic rings. The summed E-state index contributed by atoms with van der Waals surface area (Å²) in [5.41, 5.74) is 6.62. The number of methoxy groups -OCH3 is 1. The standard InChI is InChI=1S/C12H18N2O4/c1-17-11-8-9(2-3-10(11)13)12(16)14-4-6-18-7-5-15/h2-3,8,15H,4-7,13H2,1H3,(H,14,16). The SMILES string of the molecule is COc1cc(C(=O)NCCOCCO)ccc1N. The van der Waals surface area contributed by atoms with Crippen LogP contribution in [0.5, 0.6) is 5.75 Å². The van der Waals surface area contributed by atoms with Crippen molar-refractivity contribution in [2.45, 2.75) is 0 Å². The maximum absolute atomic E-state index is 11.7. The number of nitrogen functional groups attached to an aromatic ring is 1. The molecule has 0 aliphatic carbocycles. The Kier molecular flexibility index (Phi) is 5.96. The number of ether oxygens (including phenoxy) is 2. The Hall–Kier alpha value is -1.79. The molecule has 18 heavy (non-hydrogen) atoms. The number of hydrogen-bond donors (Lipinski definition) is 3. The van der Waals surface area contributed by atoms with Gasteiger partial charge >= 0.3 is 0 Å². The molecule has 0 aromatic heterocycles. The minimum absolute atomic E-state index is 0.0247. The summed E-state index contributed by atoms with van der Waals surface area (Å²) in [4.78, 5) is 11.7. The molecule has 1 amide bonds. The Balaban J connectivity index is 2.46. The third-order valence-electron chi connectivity index (χ3n) is 2.26. The summed E-state index contributed by atoms with van der Waals surface area (Å²) in [5.74, 6) is 0.250. The third-order valence-corrected chi connectivity index (χ3v) is 2.26. The first kappa shape index (κ1) is 14.3. The van der Waals surface area contributed by atoms with Gasteiger partial charge in [0.25, 0.3) is 5.91 Å². The summed E-state index contributed by atoms with van der Waals surface area (Å²) in [5, 5.41) is 11.2. The van der Waals surface area contributed by atoms with Crippen LogP contribution in [0.15, 0.2) is 18.2 Å². The molecule has 0 saturated carbocycles. The van der Waals surface area contributed by atoms with Crippen LogP contribution in [0.25, 0.3) is 0 Å². The monoisotopic (exact) mass is 254 g/mol. The third kappa shape index (κ3) is 4.23. The van der Waals surface area contributed by atoms with Crippen LogP contribution < -0.4 is 15.8 Å². The Bertz CT molecular complexity index is 396. The lowest BCUT2D eigenvalue weighted by atomic mass is 10.2. The van der Waals surface area contributed by atoms with Gasteiger partial charge in [0.05, 0.1) is 32.6 Å². The molecule has 0 radical (unpaired) electrons. The quantitative estimate of drug-likeness (QED) is 0.471. The first-order chi connectivity index (χ1) is 8.69. The van der Waals surface area contributed by atoms with E-state index in [1.165, 1.54) is 7.11 Å². The number of rotatable bonds is 7. The molecule has 6 nitrogen and oxygen atoms in total. The van der Waals surface area contributed by atoms with Crippen molar-refractivity contribution in [2.75, 3.05) is 39.2 Å². The van der Waals surface area contributed by atoms with Gasteiger partial charge in [-0.2, -0.15) is 0 Å². The molecular weight excluding hydrogens is 236 g/mol. The van der Waals surface area contributed by atoms with Crippen molar-refractivity contribution >= 4 is 11.6 Å². The molecule has 4 N–H and O–H groups in total. The average molecular weight is 254 g/mol. The van der Waals surface area contributed by atoms with Gasteiger partial charge in [-0.1, -0.05) is 0 Å². The van der Waals surface area contributed by atoms with Crippen LogP contribution in [0, 0.1) is 0 Å². The van der Waals surface area contributed by atoms with E-state index in [0.717, 1.165) is 0 Å². The predicted octanol–water partition coefficient (Wildman–Crippen LogP) is 0.0161. The summed E-state index contributed by atoms with van der Waals surface area (Å²) in [7, 11) is 1.50. The Morgan fingerprint density at radius 2 is 2.22 bits per heavy atom. The number of aliphatic hydroxyl groups is 1. The van der Waals surface area contributed by atoms with Crippen molar-refractivity contribution in [3.05, 3.63) is 23.8 Å². The summed E-state index contributed by atoms with van der Waals surface area (Å²) in [6, 6.07) is 4.83. The van der Waals surface area contributed by atoms with Crippen LogP contribution in [-0.2, 0) is 4.74 Å². The van der Waals surface area contributed by atoms with Gasteiger partial charge in [-0.15, -0.1) is 0 Å². The molecule has 0 unspecified atom stereocenters. The average Bonchev–Trinajstić information content (AvgIpc) is 2.38. The molecule has 0 saturated heterocycles. The lowest BCUT2D eigenvalue weighted by Gasteiger charge is -2.08. The van der Waals surface area contributed by atoms with Crippen LogP contribution in [0.3, 0.4) is 0 Å². The highest BCUT2D eigenvalue weighted by atomic mass is 16.5. The van der Waals surface area contributed by atoms with E-state index < -0.39 is 0 Å². The minimum atomic E-state index is -0.221. The highest BCUT2D eigenvalue weighted by Gasteiger charge is 2.08. The van der Waals surface area contributed by atoms with Gasteiger partial charge in [0.15, 0.2) is 0 Å². The van der Waals surface area contributed by atoms with Crippen LogP contribution in [0.2, 0.25) is 0 Å². The number of amides is 1. The molecule has 0 aliphatic rings. The summed E-state index contributed by atoms with van der Waals surface area (Å²) in [6.45, 7) is 0.985. The van der Waals surface area contributed by atoms with E-state index in [2.05, 4.69) is 5.32 Å². The molecule has 0 bridgehead atoms. The number of carbonyl (C=O) groups excluding carboxylic acids is 1. The second-order valence-corrected chi connectivity index (χ2v) is 3.55. The zero-order valence-corrected chi connectivity index (χ0v) is 10.3. The van der Waals surface area contributed by atoms with Gasteiger partial charge in [-0.25, -0.2) is 0 Å². The van der Waals surface area contributed by atoms with E-state index in [4.69, 9.17) is 20.3 Å². The van der Waals surface area contributed by atoms with E-state index in [9.17, 15) is 4.79 Å². The van der Waals surface area contributed by atoms with Crippen molar-refractivity contribution in [1.82, 2.24) is 5.32 Å². The fraction of sp³-hybridized carbons (Fsp3) is 0.417. The maximum Gasteiger partial charge on any atom is 0.251 e. The van der Waals surface area contributed by atoms with Gasteiger partial charge < -0.3 is 25.6 Å². The summed E-state index contributed by atoms with van der Waals surface area (Å²) >= 11 is 0. The van der Waals surface area contributed by atoms with E-state index in [-0.39, 0.29) is 19.1 Å². The predicted molar refractivity (Wildman–Crippen MR) is 67.6 cm³/mol. The molecule has 6 heteroatoms. The Labute approximate surface area is 106 Å². The first-order valence-electron chi connectivity index (χ1n) is 5.59. The molecule has 0 heterocycles. The lowest BCUT2D eigenvalue weighted by molar-refractivity contribution is 0.0838. The van der Waals surface area contributed by atoms with Crippen LogP contribution in [0.1, 0.15) is 10.4 Å². The topological polar surface area (TPSA) is 93.8 Å². The minimum Gasteiger partial charge on any atom is -0.495 e. The molecule has 100 valence electrons. The van der Waals surface area contributed by atoms with Crippen molar-refractivity contribution in [1.29, 1.82) is 0 Å². The first-order valence-corrected chi connectivity index (χ1v) is 5.59. The molecule has 0 atom stereocenters. The van der Waals surface area contributed by atoms with Gasteiger partial charge in [-0.3, -0.25) is 4.79 Å². The van der Waals surface area contributed by atoms with Crippen LogP contribution >= 0.6 is 0 Å². The fourth-order valence-electron chi connectivity index (χ4n) is 1.36. The highest BCUT2D eigenvalue weighted by Crippen LogP contribution is 2.21. The molecule has 1 rings (SSSR count). The summed E-state index contributed by atoms with van der Waals surface area (Å²) < 4.78 is 10.1. The largest absolute Gasteiger partial charge is 0.495 e. The number of hydrogen-bond acceptors (Lipinski definition) is 5. The van der Waals surface area contributed by atoms with E-state index in [1.807, 2.05) is 0 Å². The van der Waals surface area contributed by atoms with Crippen molar-refractivity contribution in [2.24, 2.45) is 0 Å². The van der Waals surface area contributed by atoms with E-state index in [1.54, 1.807) is 18.2 Å². The zero-order valence-electron chi connectivity index (χ0n) is 10.3. The number of aliphatic hydroxyl groups excluding tert-OH is 1. The van der Waals surface area contributed by atoms with Gasteiger partial charge in [0.2, 0.25) is 0 Å². The zero-order chi connectivity index (χ0) is 13.4. The Morgan fingerprint density at radius 1 is 1.44 bits per heavy atom. The van der Waals surface area contributed by atoms with Crippen molar-refractivity contribution in [3.8, 4) is 5.75 Å². The second-order valence-electron chi connectivity index (χ2n) is 3.55. The van der Waals surface area contributed by atoms with E-state index in [0.29, 0.717) is 30.2 Å². The maximum atomic E-state index is 11.7. The number of anilines is 1. The number of nitrogens with two attached hydrogens (primary N) is 1. The van der Waals surface area contributed by atoms with Crippen molar-refractivity contribution in [3.63, 3.8) is 0 Å². The molecule has 0 fully saturated rings. The highest BCUT2D eigenvalue weighted by molar-refractivity contribution is 5.95. The molecule has 0 spiro atoms. The van der Waals surface area contributed by atoms with Gasteiger partial charge in [0.1, 0.15) is 5.75 Å². The number of nitrogens with one attached hydrogen (secondary N) is 1. The second kappa shape index (κ2) is 7.52. The number of carbonyl (C=O) groups is 1. The smallest absolute Gasteiger partial charge is 0.251 e. The van der Waals surface area contributed by atoms with Crippen molar-refractivity contribution < 1.29 is 19.4 Å². The normalized spacial score (nSPS) is 10.1. The molecule has 1 aromatic carbocycles. The number of benzene rings is 1. The van der Waals surface area contributed by atoms with Gasteiger partial charge in [-0.05, 0) is 18.2 Å². The Morgan fingerprint density at radius 3 is 2.89 bits per heavy atom. The fourth-order valence-corrected chi connectivity index (χ4v) is 1.36. The van der Waals surface area contributed by atoms with Crippen LogP contribution in [0.4, 0.5) is 5.69 Å². The van der Waals surface area contributed by atoms with Gasteiger partial charge in [0, 0.05) is 12.1 Å². The summed E-state index contributed by atoms with van der Waals surface area (Å²) in [6.07, 6.45) is 0. The lowest BCUT2D eigenvalue weighted by Crippen LogP contribution is -2.27. The molecule has 0 aliphatic heterocycles. The van der Waals surface area contributed by atoms with Crippen LogP contribution in [-0.4, -0.2) is 44.5 Å². The molecular formula is C12H18N2O4.